The van der Waals surface area contributed by atoms with Gasteiger partial charge >= 0.3 is 0 Å². The SMILES string of the molecule is CCn1ncc(Cl)c1C(=O)N1CCOC(c2ccc(Cl)cc2)C1. The second kappa shape index (κ2) is 6.91. The molecule has 1 atom stereocenters. The number of morpholine rings is 1. The predicted molar refractivity (Wildman–Crippen MR) is 89.0 cm³/mol. The fraction of sp³-hybridized carbons (Fsp3) is 0.375. The summed E-state index contributed by atoms with van der Waals surface area (Å²) in [6.45, 7) is 4.02. The van der Waals surface area contributed by atoms with Crippen LogP contribution in [0.5, 0.6) is 0 Å². The van der Waals surface area contributed by atoms with E-state index >= 15 is 0 Å². The number of halogens is 2. The molecule has 5 nitrogen and oxygen atoms in total. The Morgan fingerprint density at radius 2 is 2.09 bits per heavy atom. The van der Waals surface area contributed by atoms with Crippen LogP contribution in [0.2, 0.25) is 10.0 Å². The van der Waals surface area contributed by atoms with Gasteiger partial charge in [-0.05, 0) is 24.6 Å². The van der Waals surface area contributed by atoms with E-state index in [4.69, 9.17) is 27.9 Å². The summed E-state index contributed by atoms with van der Waals surface area (Å²) in [7, 11) is 0. The van der Waals surface area contributed by atoms with E-state index in [9.17, 15) is 4.79 Å². The average molecular weight is 354 g/mol. The highest BCUT2D eigenvalue weighted by molar-refractivity contribution is 6.33. The summed E-state index contributed by atoms with van der Waals surface area (Å²) in [5.74, 6) is -0.114. The zero-order valence-electron chi connectivity index (χ0n) is 12.7. The first-order chi connectivity index (χ1) is 11.1. The average Bonchev–Trinajstić information content (AvgIpc) is 2.95. The Morgan fingerprint density at radius 3 is 2.78 bits per heavy atom. The normalized spacial score (nSPS) is 18.2. The summed E-state index contributed by atoms with van der Waals surface area (Å²) >= 11 is 12.1. The van der Waals surface area contributed by atoms with E-state index in [2.05, 4.69) is 5.10 Å². The largest absolute Gasteiger partial charge is 0.370 e. The Bertz CT molecular complexity index is 700. The zero-order valence-corrected chi connectivity index (χ0v) is 14.2. The second-order valence-corrected chi connectivity index (χ2v) is 6.16. The van der Waals surface area contributed by atoms with Crippen molar-refractivity contribution in [1.29, 1.82) is 0 Å². The first-order valence-corrected chi connectivity index (χ1v) is 8.23. The summed E-state index contributed by atoms with van der Waals surface area (Å²) in [5.41, 5.74) is 1.44. The number of benzene rings is 1. The van der Waals surface area contributed by atoms with Crippen LogP contribution in [-0.2, 0) is 11.3 Å². The number of aryl methyl sites for hydroxylation is 1. The van der Waals surface area contributed by atoms with Crippen molar-refractivity contribution in [2.75, 3.05) is 19.7 Å². The molecule has 0 radical (unpaired) electrons. The minimum absolute atomic E-state index is 0.114. The number of carbonyl (C=O) groups excluding carboxylic acids is 1. The van der Waals surface area contributed by atoms with Gasteiger partial charge in [-0.25, -0.2) is 0 Å². The van der Waals surface area contributed by atoms with Gasteiger partial charge in [0.1, 0.15) is 11.8 Å². The predicted octanol–water partition coefficient (Wildman–Crippen LogP) is 3.42. The maximum absolute atomic E-state index is 12.8. The fourth-order valence-electron chi connectivity index (χ4n) is 2.68. The standard InChI is InChI=1S/C16H17Cl2N3O2/c1-2-21-15(13(18)9-19-21)16(22)20-7-8-23-14(10-20)11-3-5-12(17)6-4-11/h3-6,9,14H,2,7-8,10H2,1H3. The van der Waals surface area contributed by atoms with E-state index in [0.717, 1.165) is 5.56 Å². The third-order valence-corrected chi connectivity index (χ3v) is 4.42. The summed E-state index contributed by atoms with van der Waals surface area (Å²) < 4.78 is 7.42. The van der Waals surface area contributed by atoms with Crippen LogP contribution in [0.4, 0.5) is 0 Å². The molecule has 3 rings (SSSR count). The summed E-state index contributed by atoms with van der Waals surface area (Å²) in [5, 5.41) is 5.19. The van der Waals surface area contributed by atoms with E-state index in [0.29, 0.717) is 42.0 Å². The number of aromatic nitrogens is 2. The monoisotopic (exact) mass is 353 g/mol. The Balaban J connectivity index is 1.79. The van der Waals surface area contributed by atoms with Gasteiger partial charge in [0.25, 0.3) is 5.91 Å². The molecular weight excluding hydrogens is 337 g/mol. The number of ether oxygens (including phenoxy) is 1. The Labute approximate surface area is 144 Å². The smallest absolute Gasteiger partial charge is 0.273 e. The van der Waals surface area contributed by atoms with Crippen molar-refractivity contribution < 1.29 is 9.53 Å². The van der Waals surface area contributed by atoms with Gasteiger partial charge in [-0.3, -0.25) is 9.48 Å². The third-order valence-electron chi connectivity index (χ3n) is 3.89. The van der Waals surface area contributed by atoms with Crippen molar-refractivity contribution in [1.82, 2.24) is 14.7 Å². The molecule has 23 heavy (non-hydrogen) atoms. The van der Waals surface area contributed by atoms with Crippen molar-refractivity contribution in [3.05, 3.63) is 51.8 Å². The van der Waals surface area contributed by atoms with E-state index in [-0.39, 0.29) is 12.0 Å². The molecule has 1 aliphatic rings. The Kier molecular flexibility index (Phi) is 4.90. The number of hydrogen-bond donors (Lipinski definition) is 0. The molecule has 0 N–H and O–H groups in total. The van der Waals surface area contributed by atoms with E-state index in [1.165, 1.54) is 6.20 Å². The van der Waals surface area contributed by atoms with Crippen LogP contribution < -0.4 is 0 Å². The Morgan fingerprint density at radius 1 is 1.35 bits per heavy atom. The van der Waals surface area contributed by atoms with Crippen molar-refractivity contribution in [3.63, 3.8) is 0 Å². The van der Waals surface area contributed by atoms with Gasteiger partial charge < -0.3 is 9.64 Å². The molecular formula is C16H17Cl2N3O2. The van der Waals surface area contributed by atoms with Crippen LogP contribution in [0.1, 0.15) is 29.1 Å². The van der Waals surface area contributed by atoms with Crippen LogP contribution in [0.15, 0.2) is 30.5 Å². The molecule has 0 aliphatic carbocycles. The van der Waals surface area contributed by atoms with Gasteiger partial charge in [-0.1, -0.05) is 35.3 Å². The van der Waals surface area contributed by atoms with Gasteiger partial charge in [0, 0.05) is 18.1 Å². The molecule has 7 heteroatoms. The molecule has 1 unspecified atom stereocenters. The molecule has 2 heterocycles. The first-order valence-electron chi connectivity index (χ1n) is 7.47. The number of nitrogens with zero attached hydrogens (tertiary/aromatic N) is 3. The van der Waals surface area contributed by atoms with Crippen LogP contribution >= 0.6 is 23.2 Å². The van der Waals surface area contributed by atoms with Crippen LogP contribution in [0.3, 0.4) is 0 Å². The molecule has 1 amide bonds. The highest BCUT2D eigenvalue weighted by Gasteiger charge is 2.29. The number of rotatable bonds is 3. The lowest BCUT2D eigenvalue weighted by molar-refractivity contribution is -0.0232. The maximum atomic E-state index is 12.8. The molecule has 1 aliphatic heterocycles. The molecule has 0 saturated carbocycles. The zero-order chi connectivity index (χ0) is 16.4. The minimum Gasteiger partial charge on any atom is -0.370 e. The van der Waals surface area contributed by atoms with Gasteiger partial charge in [-0.15, -0.1) is 0 Å². The van der Waals surface area contributed by atoms with Gasteiger partial charge in [0.15, 0.2) is 0 Å². The van der Waals surface area contributed by atoms with Crippen molar-refractivity contribution in [2.45, 2.75) is 19.6 Å². The highest BCUT2D eigenvalue weighted by Crippen LogP contribution is 2.26. The summed E-state index contributed by atoms with van der Waals surface area (Å²) in [6.07, 6.45) is 1.34. The molecule has 1 aromatic heterocycles. The number of hydrogen-bond acceptors (Lipinski definition) is 3. The van der Waals surface area contributed by atoms with Crippen LogP contribution in [0, 0.1) is 0 Å². The second-order valence-electron chi connectivity index (χ2n) is 5.32. The lowest BCUT2D eigenvalue weighted by atomic mass is 10.1. The van der Waals surface area contributed by atoms with Gasteiger partial charge in [0.2, 0.25) is 0 Å². The molecule has 1 saturated heterocycles. The lowest BCUT2D eigenvalue weighted by Crippen LogP contribution is -2.43. The third kappa shape index (κ3) is 3.37. The first kappa shape index (κ1) is 16.3. The van der Waals surface area contributed by atoms with E-state index in [1.54, 1.807) is 9.58 Å². The van der Waals surface area contributed by atoms with Crippen molar-refractivity contribution >= 4 is 29.1 Å². The van der Waals surface area contributed by atoms with Gasteiger partial charge in [0.05, 0.1) is 24.4 Å². The van der Waals surface area contributed by atoms with E-state index in [1.807, 2.05) is 31.2 Å². The number of amides is 1. The molecule has 1 fully saturated rings. The van der Waals surface area contributed by atoms with E-state index < -0.39 is 0 Å². The van der Waals surface area contributed by atoms with Crippen LogP contribution in [0.25, 0.3) is 0 Å². The lowest BCUT2D eigenvalue weighted by Gasteiger charge is -2.33. The maximum Gasteiger partial charge on any atom is 0.273 e. The fourth-order valence-corrected chi connectivity index (χ4v) is 3.03. The minimum atomic E-state index is -0.165. The summed E-state index contributed by atoms with van der Waals surface area (Å²) in [4.78, 5) is 14.6. The Hall–Kier alpha value is -1.56. The quantitative estimate of drug-likeness (QED) is 0.849. The molecule has 1 aromatic carbocycles. The molecule has 0 bridgehead atoms. The molecule has 2 aromatic rings. The summed E-state index contributed by atoms with van der Waals surface area (Å²) in [6, 6.07) is 7.49. The van der Waals surface area contributed by atoms with Gasteiger partial charge in [-0.2, -0.15) is 5.10 Å². The highest BCUT2D eigenvalue weighted by atomic mass is 35.5. The van der Waals surface area contributed by atoms with Crippen molar-refractivity contribution in [2.24, 2.45) is 0 Å². The molecule has 122 valence electrons. The topological polar surface area (TPSA) is 47.4 Å². The number of carbonyl (C=O) groups is 1. The molecule has 0 spiro atoms. The van der Waals surface area contributed by atoms with Crippen LogP contribution in [-0.4, -0.2) is 40.3 Å². The van der Waals surface area contributed by atoms with Crippen molar-refractivity contribution in [3.8, 4) is 0 Å².